The molecule has 0 atom stereocenters. The first-order valence-electron chi connectivity index (χ1n) is 5.18. The minimum Gasteiger partial charge on any atom is -0.436 e. The Morgan fingerprint density at radius 3 is 2.81 bits per heavy atom. The molecular formula is C14H10NO. The van der Waals surface area contributed by atoms with Crippen LogP contribution < -0.4 is 0 Å². The minimum atomic E-state index is 0.663. The first-order chi connectivity index (χ1) is 7.84. The zero-order valence-corrected chi connectivity index (χ0v) is 8.90. The molecule has 3 aromatic rings. The van der Waals surface area contributed by atoms with Crippen LogP contribution in [0.4, 0.5) is 0 Å². The molecule has 16 heavy (non-hydrogen) atoms. The number of benzene rings is 2. The van der Waals surface area contributed by atoms with Gasteiger partial charge in [0.2, 0.25) is 5.89 Å². The van der Waals surface area contributed by atoms with Crippen molar-refractivity contribution in [2.45, 2.75) is 6.92 Å². The second kappa shape index (κ2) is 3.49. The van der Waals surface area contributed by atoms with Gasteiger partial charge in [-0.1, -0.05) is 24.3 Å². The third-order valence-electron chi connectivity index (χ3n) is 2.59. The van der Waals surface area contributed by atoms with E-state index in [0.717, 1.165) is 22.2 Å². The molecular weight excluding hydrogens is 198 g/mol. The number of aryl methyl sites for hydroxylation is 1. The maximum absolute atomic E-state index is 5.70. The fourth-order valence-electron chi connectivity index (χ4n) is 1.74. The lowest BCUT2D eigenvalue weighted by Crippen LogP contribution is -1.81. The van der Waals surface area contributed by atoms with Gasteiger partial charge in [0.05, 0.1) is 0 Å². The molecule has 0 saturated heterocycles. The summed E-state index contributed by atoms with van der Waals surface area (Å²) < 4.78 is 5.70. The second-order valence-electron chi connectivity index (χ2n) is 3.70. The Morgan fingerprint density at radius 2 is 2.00 bits per heavy atom. The first-order valence-corrected chi connectivity index (χ1v) is 5.18. The number of fused-ring (bicyclic) bond motifs is 1. The van der Waals surface area contributed by atoms with Gasteiger partial charge in [-0.25, -0.2) is 4.98 Å². The van der Waals surface area contributed by atoms with Crippen molar-refractivity contribution in [3.63, 3.8) is 0 Å². The van der Waals surface area contributed by atoms with Gasteiger partial charge in [0.25, 0.3) is 0 Å². The minimum absolute atomic E-state index is 0.663. The third-order valence-corrected chi connectivity index (χ3v) is 2.59. The summed E-state index contributed by atoms with van der Waals surface area (Å²) in [5, 5.41) is 0. The van der Waals surface area contributed by atoms with Crippen LogP contribution in [0.15, 0.2) is 46.9 Å². The third kappa shape index (κ3) is 1.39. The van der Waals surface area contributed by atoms with Crippen molar-refractivity contribution in [1.82, 2.24) is 4.98 Å². The molecule has 0 aliphatic carbocycles. The Labute approximate surface area is 93.5 Å². The van der Waals surface area contributed by atoms with Gasteiger partial charge in [0.1, 0.15) is 5.52 Å². The molecule has 0 aliphatic heterocycles. The summed E-state index contributed by atoms with van der Waals surface area (Å²) in [6.07, 6.45) is 0. The number of hydrogen-bond donors (Lipinski definition) is 0. The van der Waals surface area contributed by atoms with Crippen LogP contribution in [-0.4, -0.2) is 4.98 Å². The van der Waals surface area contributed by atoms with Gasteiger partial charge in [0.15, 0.2) is 5.58 Å². The standard InChI is InChI=1S/C14H10NO/c1-10-6-2-3-7-11(10)14-15-12-8-4-5-9-13(12)16-14/h2-5,7-9H,1H3. The van der Waals surface area contributed by atoms with E-state index in [1.54, 1.807) is 0 Å². The van der Waals surface area contributed by atoms with Gasteiger partial charge < -0.3 is 4.42 Å². The number of oxazole rings is 1. The van der Waals surface area contributed by atoms with E-state index in [2.05, 4.69) is 11.1 Å². The zero-order valence-electron chi connectivity index (χ0n) is 8.90. The average molecular weight is 208 g/mol. The van der Waals surface area contributed by atoms with Crippen LogP contribution in [-0.2, 0) is 0 Å². The SMILES string of the molecule is Cc1[c]cccc1-c1nc2ccccc2o1. The number of hydrogen-bond acceptors (Lipinski definition) is 2. The molecule has 0 aliphatic rings. The highest BCUT2D eigenvalue weighted by Gasteiger charge is 2.08. The summed E-state index contributed by atoms with van der Waals surface area (Å²) in [7, 11) is 0. The number of aromatic nitrogens is 1. The van der Waals surface area contributed by atoms with E-state index in [1.165, 1.54) is 0 Å². The highest BCUT2D eigenvalue weighted by Crippen LogP contribution is 2.25. The maximum atomic E-state index is 5.70. The van der Waals surface area contributed by atoms with Crippen molar-refractivity contribution >= 4 is 11.1 Å². The van der Waals surface area contributed by atoms with Gasteiger partial charge in [-0.2, -0.15) is 0 Å². The quantitative estimate of drug-likeness (QED) is 0.610. The Bertz CT molecular complexity index is 607. The molecule has 3 rings (SSSR count). The molecule has 2 nitrogen and oxygen atoms in total. The Morgan fingerprint density at radius 1 is 1.12 bits per heavy atom. The molecule has 0 N–H and O–H groups in total. The van der Waals surface area contributed by atoms with E-state index < -0.39 is 0 Å². The van der Waals surface area contributed by atoms with Crippen molar-refractivity contribution in [2.24, 2.45) is 0 Å². The topological polar surface area (TPSA) is 26.0 Å². The predicted molar refractivity (Wildman–Crippen MR) is 63.0 cm³/mol. The van der Waals surface area contributed by atoms with Crippen LogP contribution in [0.3, 0.4) is 0 Å². The summed E-state index contributed by atoms with van der Waals surface area (Å²) >= 11 is 0. The van der Waals surface area contributed by atoms with Crippen LogP contribution in [0.25, 0.3) is 22.6 Å². The van der Waals surface area contributed by atoms with Crippen molar-refractivity contribution in [2.75, 3.05) is 0 Å². The van der Waals surface area contributed by atoms with Crippen LogP contribution in [0.1, 0.15) is 5.56 Å². The number of rotatable bonds is 1. The van der Waals surface area contributed by atoms with Crippen molar-refractivity contribution in [3.8, 4) is 11.5 Å². The summed E-state index contributed by atoms with van der Waals surface area (Å²) in [5.74, 6) is 0.663. The van der Waals surface area contributed by atoms with E-state index in [1.807, 2.05) is 49.4 Å². The molecule has 0 saturated carbocycles. The van der Waals surface area contributed by atoms with Crippen LogP contribution in [0.5, 0.6) is 0 Å². The molecule has 0 bridgehead atoms. The van der Waals surface area contributed by atoms with Crippen LogP contribution >= 0.6 is 0 Å². The summed E-state index contributed by atoms with van der Waals surface area (Å²) in [6, 6.07) is 16.7. The molecule has 0 amide bonds. The largest absolute Gasteiger partial charge is 0.436 e. The predicted octanol–water partition coefficient (Wildman–Crippen LogP) is 3.60. The fraction of sp³-hybridized carbons (Fsp3) is 0.0714. The van der Waals surface area contributed by atoms with E-state index in [0.29, 0.717) is 5.89 Å². The first kappa shape index (κ1) is 9.16. The Hall–Kier alpha value is -2.09. The van der Waals surface area contributed by atoms with Crippen molar-refractivity contribution in [1.29, 1.82) is 0 Å². The number of para-hydroxylation sites is 2. The van der Waals surface area contributed by atoms with Gasteiger partial charge >= 0.3 is 0 Å². The van der Waals surface area contributed by atoms with Gasteiger partial charge in [-0.3, -0.25) is 0 Å². The lowest BCUT2D eigenvalue weighted by atomic mass is 10.1. The Balaban J connectivity index is 2.23. The van der Waals surface area contributed by atoms with Crippen LogP contribution in [0, 0.1) is 13.0 Å². The number of nitrogens with zero attached hydrogens (tertiary/aromatic N) is 1. The fourth-order valence-corrected chi connectivity index (χ4v) is 1.74. The molecule has 1 radical (unpaired) electrons. The average Bonchev–Trinajstić information content (AvgIpc) is 2.73. The van der Waals surface area contributed by atoms with Gasteiger partial charge in [-0.05, 0) is 36.8 Å². The smallest absolute Gasteiger partial charge is 0.227 e. The molecule has 0 spiro atoms. The van der Waals surface area contributed by atoms with E-state index in [9.17, 15) is 0 Å². The van der Waals surface area contributed by atoms with Crippen LogP contribution in [0.2, 0.25) is 0 Å². The molecule has 1 heterocycles. The molecule has 0 fully saturated rings. The second-order valence-corrected chi connectivity index (χ2v) is 3.70. The molecule has 0 unspecified atom stereocenters. The van der Waals surface area contributed by atoms with Crippen molar-refractivity contribution in [3.05, 3.63) is 54.1 Å². The molecule has 2 aromatic carbocycles. The summed E-state index contributed by atoms with van der Waals surface area (Å²) in [5.41, 5.74) is 3.76. The zero-order chi connectivity index (χ0) is 11.0. The highest BCUT2D eigenvalue weighted by molar-refractivity contribution is 5.76. The monoisotopic (exact) mass is 208 g/mol. The summed E-state index contributed by atoms with van der Waals surface area (Å²) in [6.45, 7) is 2.00. The Kier molecular flexibility index (Phi) is 2.00. The van der Waals surface area contributed by atoms with Gasteiger partial charge in [0, 0.05) is 5.56 Å². The lowest BCUT2D eigenvalue weighted by molar-refractivity contribution is 0.619. The summed E-state index contributed by atoms with van der Waals surface area (Å²) in [4.78, 5) is 4.46. The van der Waals surface area contributed by atoms with Gasteiger partial charge in [-0.15, -0.1) is 0 Å². The van der Waals surface area contributed by atoms with E-state index in [-0.39, 0.29) is 0 Å². The maximum Gasteiger partial charge on any atom is 0.227 e. The van der Waals surface area contributed by atoms with E-state index in [4.69, 9.17) is 4.42 Å². The normalized spacial score (nSPS) is 10.8. The van der Waals surface area contributed by atoms with E-state index >= 15 is 0 Å². The van der Waals surface area contributed by atoms with Crippen molar-refractivity contribution < 1.29 is 4.42 Å². The highest BCUT2D eigenvalue weighted by atomic mass is 16.3. The molecule has 2 heteroatoms. The lowest BCUT2D eigenvalue weighted by Gasteiger charge is -1.98. The molecule has 1 aromatic heterocycles. The molecule has 77 valence electrons.